The Kier molecular flexibility index (Phi) is 4.41. The number of hydrogen-bond donors (Lipinski definition) is 0. The summed E-state index contributed by atoms with van der Waals surface area (Å²) in [5, 5.41) is 0.624. The molecule has 1 rings (SSSR count). The van der Waals surface area contributed by atoms with Crippen LogP contribution < -0.4 is 0 Å². The number of carbonyl (C=O) groups excluding carboxylic acids is 1. The molecular formula is C11H12BrF2NO. The van der Waals surface area contributed by atoms with Gasteiger partial charge in [0.15, 0.2) is 11.6 Å². The lowest BCUT2D eigenvalue weighted by atomic mass is 10.1. The van der Waals surface area contributed by atoms with E-state index in [1.165, 1.54) is 11.0 Å². The van der Waals surface area contributed by atoms with Crippen LogP contribution in [0.2, 0.25) is 0 Å². The lowest BCUT2D eigenvalue weighted by molar-refractivity contribution is 0.0757. The standard InChI is InChI=1S/C11H12BrF2NO/c1-7(6-12)15(2)11(16)8-3-4-9(13)10(14)5-8/h3-5,7H,6H2,1-2H3. The second kappa shape index (κ2) is 5.39. The minimum absolute atomic E-state index is 0.0133. The van der Waals surface area contributed by atoms with Gasteiger partial charge in [-0.1, -0.05) is 15.9 Å². The predicted molar refractivity (Wildman–Crippen MR) is 61.7 cm³/mol. The summed E-state index contributed by atoms with van der Waals surface area (Å²) < 4.78 is 25.6. The van der Waals surface area contributed by atoms with Crippen molar-refractivity contribution in [2.24, 2.45) is 0 Å². The first kappa shape index (κ1) is 13.1. The first-order valence-electron chi connectivity index (χ1n) is 4.75. The van der Waals surface area contributed by atoms with Gasteiger partial charge in [-0.15, -0.1) is 0 Å². The molecule has 1 amide bonds. The van der Waals surface area contributed by atoms with Crippen LogP contribution in [0, 0.1) is 11.6 Å². The molecule has 0 aliphatic rings. The van der Waals surface area contributed by atoms with Gasteiger partial charge in [-0.3, -0.25) is 4.79 Å². The molecule has 0 fully saturated rings. The summed E-state index contributed by atoms with van der Waals surface area (Å²) in [6.45, 7) is 1.85. The summed E-state index contributed by atoms with van der Waals surface area (Å²) >= 11 is 3.25. The van der Waals surface area contributed by atoms with Gasteiger partial charge in [-0.25, -0.2) is 8.78 Å². The average molecular weight is 292 g/mol. The van der Waals surface area contributed by atoms with E-state index in [-0.39, 0.29) is 17.5 Å². The predicted octanol–water partition coefficient (Wildman–Crippen LogP) is 2.82. The van der Waals surface area contributed by atoms with Gasteiger partial charge in [0.05, 0.1) is 0 Å². The van der Waals surface area contributed by atoms with Crippen LogP contribution in [-0.4, -0.2) is 29.2 Å². The van der Waals surface area contributed by atoms with E-state index in [1.54, 1.807) is 7.05 Å². The van der Waals surface area contributed by atoms with E-state index in [4.69, 9.17) is 0 Å². The molecule has 5 heteroatoms. The van der Waals surface area contributed by atoms with Crippen molar-refractivity contribution in [2.75, 3.05) is 12.4 Å². The maximum absolute atomic E-state index is 12.9. The van der Waals surface area contributed by atoms with Crippen molar-refractivity contribution in [3.63, 3.8) is 0 Å². The summed E-state index contributed by atoms with van der Waals surface area (Å²) in [5.74, 6) is -2.29. The molecule has 0 saturated heterocycles. The number of hydrogen-bond acceptors (Lipinski definition) is 1. The molecule has 2 nitrogen and oxygen atoms in total. The van der Waals surface area contributed by atoms with Crippen LogP contribution in [0.15, 0.2) is 18.2 Å². The van der Waals surface area contributed by atoms with Crippen LogP contribution in [0.3, 0.4) is 0 Å². The van der Waals surface area contributed by atoms with Gasteiger partial charge >= 0.3 is 0 Å². The largest absolute Gasteiger partial charge is 0.338 e. The van der Waals surface area contributed by atoms with Gasteiger partial charge in [-0.2, -0.15) is 0 Å². The maximum atomic E-state index is 12.9. The first-order chi connectivity index (χ1) is 7.47. The Morgan fingerprint density at radius 3 is 2.56 bits per heavy atom. The smallest absolute Gasteiger partial charge is 0.253 e. The zero-order valence-corrected chi connectivity index (χ0v) is 10.6. The number of rotatable bonds is 3. The molecule has 0 radical (unpaired) electrons. The molecule has 88 valence electrons. The average Bonchev–Trinajstić information content (AvgIpc) is 2.29. The van der Waals surface area contributed by atoms with Gasteiger partial charge in [0.2, 0.25) is 0 Å². The molecule has 0 bridgehead atoms. The third kappa shape index (κ3) is 2.78. The quantitative estimate of drug-likeness (QED) is 0.784. The minimum Gasteiger partial charge on any atom is -0.338 e. The summed E-state index contributed by atoms with van der Waals surface area (Å²) in [5.41, 5.74) is 0.147. The van der Waals surface area contributed by atoms with Crippen LogP contribution in [0.1, 0.15) is 17.3 Å². The minimum atomic E-state index is -1.01. The van der Waals surface area contributed by atoms with E-state index < -0.39 is 11.6 Å². The molecule has 1 atom stereocenters. The number of benzene rings is 1. The molecule has 0 spiro atoms. The van der Waals surface area contributed by atoms with E-state index >= 15 is 0 Å². The molecule has 0 N–H and O–H groups in total. The number of nitrogens with zero attached hydrogens (tertiary/aromatic N) is 1. The van der Waals surface area contributed by atoms with Gasteiger partial charge < -0.3 is 4.90 Å². The number of halogens is 3. The van der Waals surface area contributed by atoms with E-state index in [0.717, 1.165) is 12.1 Å². The zero-order valence-electron chi connectivity index (χ0n) is 9.01. The Labute approximate surface area is 101 Å². The summed E-state index contributed by atoms with van der Waals surface area (Å²) in [7, 11) is 1.62. The van der Waals surface area contributed by atoms with Gasteiger partial charge in [0.1, 0.15) is 0 Å². The molecule has 1 aromatic carbocycles. The summed E-state index contributed by atoms with van der Waals surface area (Å²) in [6, 6.07) is 3.13. The zero-order chi connectivity index (χ0) is 12.3. The molecule has 0 aliphatic carbocycles. The van der Waals surface area contributed by atoms with Gasteiger partial charge in [0, 0.05) is 24.0 Å². The number of carbonyl (C=O) groups is 1. The molecule has 16 heavy (non-hydrogen) atoms. The van der Waals surface area contributed by atoms with Crippen LogP contribution in [0.5, 0.6) is 0 Å². The first-order valence-corrected chi connectivity index (χ1v) is 5.87. The molecular weight excluding hydrogens is 280 g/mol. The Morgan fingerprint density at radius 1 is 1.44 bits per heavy atom. The Balaban J connectivity index is 2.92. The molecule has 0 aromatic heterocycles. The van der Waals surface area contributed by atoms with Crippen molar-refractivity contribution in [2.45, 2.75) is 13.0 Å². The lowest BCUT2D eigenvalue weighted by Crippen LogP contribution is -2.36. The van der Waals surface area contributed by atoms with Crippen LogP contribution in [0.25, 0.3) is 0 Å². The Morgan fingerprint density at radius 2 is 2.06 bits per heavy atom. The van der Waals surface area contributed by atoms with Crippen molar-refractivity contribution < 1.29 is 13.6 Å². The van der Waals surface area contributed by atoms with Gasteiger partial charge in [0.25, 0.3) is 5.91 Å². The fourth-order valence-corrected chi connectivity index (χ4v) is 1.57. The Hall–Kier alpha value is -0.970. The number of amides is 1. The second-order valence-electron chi connectivity index (χ2n) is 3.55. The van der Waals surface area contributed by atoms with Crippen molar-refractivity contribution >= 4 is 21.8 Å². The molecule has 0 saturated carbocycles. The van der Waals surface area contributed by atoms with Crippen molar-refractivity contribution in [3.8, 4) is 0 Å². The van der Waals surface area contributed by atoms with E-state index in [2.05, 4.69) is 15.9 Å². The monoisotopic (exact) mass is 291 g/mol. The lowest BCUT2D eigenvalue weighted by Gasteiger charge is -2.23. The van der Waals surface area contributed by atoms with Crippen LogP contribution in [0.4, 0.5) is 8.78 Å². The molecule has 1 unspecified atom stereocenters. The highest BCUT2D eigenvalue weighted by molar-refractivity contribution is 9.09. The topological polar surface area (TPSA) is 20.3 Å². The fourth-order valence-electron chi connectivity index (χ4n) is 1.14. The molecule has 1 aromatic rings. The highest BCUT2D eigenvalue weighted by Crippen LogP contribution is 2.12. The Bertz CT molecular complexity index is 398. The highest BCUT2D eigenvalue weighted by Gasteiger charge is 2.17. The van der Waals surface area contributed by atoms with E-state index in [9.17, 15) is 13.6 Å². The molecule has 0 heterocycles. The molecule has 0 aliphatic heterocycles. The number of alkyl halides is 1. The third-order valence-electron chi connectivity index (χ3n) is 2.37. The van der Waals surface area contributed by atoms with Crippen molar-refractivity contribution in [3.05, 3.63) is 35.4 Å². The maximum Gasteiger partial charge on any atom is 0.253 e. The van der Waals surface area contributed by atoms with Crippen LogP contribution in [-0.2, 0) is 0 Å². The van der Waals surface area contributed by atoms with E-state index in [0.29, 0.717) is 5.33 Å². The van der Waals surface area contributed by atoms with E-state index in [1.807, 2.05) is 6.92 Å². The normalized spacial score (nSPS) is 12.3. The van der Waals surface area contributed by atoms with Gasteiger partial charge in [-0.05, 0) is 25.1 Å². The fraction of sp³-hybridized carbons (Fsp3) is 0.364. The third-order valence-corrected chi connectivity index (χ3v) is 3.31. The summed E-state index contributed by atoms with van der Waals surface area (Å²) in [6.07, 6.45) is 0. The van der Waals surface area contributed by atoms with Crippen LogP contribution >= 0.6 is 15.9 Å². The van der Waals surface area contributed by atoms with Crippen molar-refractivity contribution in [1.82, 2.24) is 4.90 Å². The highest BCUT2D eigenvalue weighted by atomic mass is 79.9. The van der Waals surface area contributed by atoms with Crippen molar-refractivity contribution in [1.29, 1.82) is 0 Å². The SMILES string of the molecule is CC(CBr)N(C)C(=O)c1ccc(F)c(F)c1. The second-order valence-corrected chi connectivity index (χ2v) is 4.20. The summed E-state index contributed by atoms with van der Waals surface area (Å²) in [4.78, 5) is 13.3.